The third-order valence-electron chi connectivity index (χ3n) is 11.5. The molecule has 0 rings (SSSR count). The first-order valence-electron chi connectivity index (χ1n) is 25.4. The van der Waals surface area contributed by atoms with E-state index >= 15 is 0 Å². The molecule has 0 unspecified atom stereocenters. The minimum Gasteiger partial charge on any atom is -0.462 e. The topological polar surface area (TPSA) is 78.9 Å². The number of esters is 3. The summed E-state index contributed by atoms with van der Waals surface area (Å²) in [5.41, 5.74) is 0. The Morgan fingerprint density at radius 3 is 0.860 bits per heavy atom. The zero-order valence-corrected chi connectivity index (χ0v) is 38.8. The van der Waals surface area contributed by atoms with E-state index in [4.69, 9.17) is 14.2 Å². The van der Waals surface area contributed by atoms with Crippen molar-refractivity contribution in [3.05, 3.63) is 0 Å². The van der Waals surface area contributed by atoms with Crippen LogP contribution in [0.5, 0.6) is 0 Å². The molecule has 0 N–H and O–H groups in total. The Labute approximate surface area is 355 Å². The molecule has 57 heavy (non-hydrogen) atoms. The van der Waals surface area contributed by atoms with E-state index in [2.05, 4.69) is 27.7 Å². The van der Waals surface area contributed by atoms with E-state index in [9.17, 15) is 14.4 Å². The van der Waals surface area contributed by atoms with Gasteiger partial charge in [-0.25, -0.2) is 0 Å². The van der Waals surface area contributed by atoms with Crippen LogP contribution in [0, 0.1) is 5.92 Å². The van der Waals surface area contributed by atoms with Crippen LogP contribution >= 0.6 is 0 Å². The highest BCUT2D eigenvalue weighted by Crippen LogP contribution is 2.17. The van der Waals surface area contributed by atoms with E-state index in [1.165, 1.54) is 180 Å². The molecule has 0 aromatic carbocycles. The lowest BCUT2D eigenvalue weighted by Crippen LogP contribution is -2.30. The molecule has 0 saturated carbocycles. The fraction of sp³-hybridized carbons (Fsp3) is 0.941. The molecule has 0 heterocycles. The highest BCUT2D eigenvalue weighted by Gasteiger charge is 2.19. The molecule has 6 heteroatoms. The zero-order valence-electron chi connectivity index (χ0n) is 38.8. The molecular weight excluding hydrogens is 709 g/mol. The summed E-state index contributed by atoms with van der Waals surface area (Å²) in [5.74, 6) is -0.00443. The fourth-order valence-electron chi connectivity index (χ4n) is 7.69. The SMILES string of the molecule is CCCCCCCCCCCCCCCC(=O)OC[C@@H](COC(=O)CCCCCCCCCCC)OC(=O)CCCCCCCCCCCCCCCCC(C)C. The average molecular weight is 807 g/mol. The Hall–Kier alpha value is -1.59. The summed E-state index contributed by atoms with van der Waals surface area (Å²) in [6.07, 6.45) is 46.6. The molecule has 0 spiro atoms. The van der Waals surface area contributed by atoms with Gasteiger partial charge in [-0.15, -0.1) is 0 Å². The van der Waals surface area contributed by atoms with Crippen LogP contribution in [0.4, 0.5) is 0 Å². The molecule has 0 amide bonds. The number of unbranched alkanes of at least 4 members (excludes halogenated alkanes) is 33. The first kappa shape index (κ1) is 55.4. The van der Waals surface area contributed by atoms with E-state index in [1.54, 1.807) is 0 Å². The number of rotatable bonds is 46. The van der Waals surface area contributed by atoms with E-state index in [-0.39, 0.29) is 31.1 Å². The minimum absolute atomic E-state index is 0.0629. The number of carbonyl (C=O) groups is 3. The fourth-order valence-corrected chi connectivity index (χ4v) is 7.69. The lowest BCUT2D eigenvalue weighted by Gasteiger charge is -2.18. The molecule has 0 saturated heterocycles. The van der Waals surface area contributed by atoms with Crippen LogP contribution in [-0.4, -0.2) is 37.2 Å². The lowest BCUT2D eigenvalue weighted by atomic mass is 10.0. The maximum Gasteiger partial charge on any atom is 0.306 e. The van der Waals surface area contributed by atoms with Gasteiger partial charge in [0.25, 0.3) is 0 Å². The third-order valence-corrected chi connectivity index (χ3v) is 11.5. The third kappa shape index (κ3) is 45.3. The van der Waals surface area contributed by atoms with Crippen molar-refractivity contribution in [1.29, 1.82) is 0 Å². The predicted molar refractivity (Wildman–Crippen MR) is 243 cm³/mol. The van der Waals surface area contributed by atoms with Gasteiger partial charge in [-0.3, -0.25) is 14.4 Å². The predicted octanol–water partition coefficient (Wildman–Crippen LogP) is 16.3. The Morgan fingerprint density at radius 1 is 0.333 bits per heavy atom. The summed E-state index contributed by atoms with van der Waals surface area (Å²) in [7, 11) is 0. The Balaban J connectivity index is 4.26. The molecule has 1 atom stereocenters. The van der Waals surface area contributed by atoms with E-state index in [1.807, 2.05) is 0 Å². The number of ether oxygens (including phenoxy) is 3. The molecule has 0 radical (unpaired) electrons. The summed E-state index contributed by atoms with van der Waals surface area (Å²) in [4.78, 5) is 37.8. The second-order valence-electron chi connectivity index (χ2n) is 17.9. The van der Waals surface area contributed by atoms with Crippen molar-refractivity contribution in [3.63, 3.8) is 0 Å². The van der Waals surface area contributed by atoms with E-state index in [0.29, 0.717) is 19.3 Å². The van der Waals surface area contributed by atoms with Gasteiger partial charge in [0, 0.05) is 19.3 Å². The molecule has 0 fully saturated rings. The number of hydrogen-bond donors (Lipinski definition) is 0. The van der Waals surface area contributed by atoms with Crippen molar-refractivity contribution in [2.75, 3.05) is 13.2 Å². The molecule has 0 bridgehead atoms. The lowest BCUT2D eigenvalue weighted by molar-refractivity contribution is -0.167. The highest BCUT2D eigenvalue weighted by molar-refractivity contribution is 5.71. The second kappa shape index (κ2) is 45.5. The monoisotopic (exact) mass is 807 g/mol. The summed E-state index contributed by atoms with van der Waals surface area (Å²) in [6, 6.07) is 0. The number of hydrogen-bond acceptors (Lipinski definition) is 6. The molecular formula is C51H98O6. The van der Waals surface area contributed by atoms with Crippen LogP contribution in [0.2, 0.25) is 0 Å². The largest absolute Gasteiger partial charge is 0.462 e. The molecule has 0 aliphatic heterocycles. The first-order chi connectivity index (χ1) is 27.9. The summed E-state index contributed by atoms with van der Waals surface area (Å²) in [6.45, 7) is 9.01. The number of carbonyl (C=O) groups excluding carboxylic acids is 3. The van der Waals surface area contributed by atoms with Crippen LogP contribution in [0.15, 0.2) is 0 Å². The van der Waals surface area contributed by atoms with Gasteiger partial charge in [0.05, 0.1) is 0 Å². The van der Waals surface area contributed by atoms with Crippen molar-refractivity contribution in [2.24, 2.45) is 5.92 Å². The summed E-state index contributed by atoms with van der Waals surface area (Å²) < 4.78 is 16.8. The quantitative estimate of drug-likeness (QED) is 0.0346. The van der Waals surface area contributed by atoms with Gasteiger partial charge in [-0.2, -0.15) is 0 Å². The van der Waals surface area contributed by atoms with Crippen LogP contribution in [0.3, 0.4) is 0 Å². The molecule has 0 aromatic heterocycles. The summed E-state index contributed by atoms with van der Waals surface area (Å²) >= 11 is 0. The smallest absolute Gasteiger partial charge is 0.306 e. The van der Waals surface area contributed by atoms with Crippen molar-refractivity contribution in [1.82, 2.24) is 0 Å². The van der Waals surface area contributed by atoms with Crippen molar-refractivity contribution >= 4 is 17.9 Å². The van der Waals surface area contributed by atoms with Crippen LogP contribution in [0.25, 0.3) is 0 Å². The van der Waals surface area contributed by atoms with Gasteiger partial charge in [-0.1, -0.05) is 246 Å². The van der Waals surface area contributed by atoms with E-state index in [0.717, 1.165) is 63.7 Å². The molecule has 0 aliphatic rings. The van der Waals surface area contributed by atoms with Crippen molar-refractivity contribution in [2.45, 2.75) is 291 Å². The van der Waals surface area contributed by atoms with Crippen LogP contribution in [-0.2, 0) is 28.6 Å². The first-order valence-corrected chi connectivity index (χ1v) is 25.4. The maximum atomic E-state index is 12.8. The van der Waals surface area contributed by atoms with Crippen LogP contribution in [0.1, 0.15) is 285 Å². The second-order valence-corrected chi connectivity index (χ2v) is 17.9. The normalized spacial score (nSPS) is 11.9. The molecule has 0 aliphatic carbocycles. The standard InChI is InChI=1S/C51H98O6/c1-5-7-9-11-13-15-16-19-23-27-31-35-39-43-50(53)56-46-48(45-55-49(52)42-38-34-30-25-14-12-10-8-6-2)57-51(54)44-40-36-32-28-24-21-18-17-20-22-26-29-33-37-41-47(3)4/h47-48H,5-46H2,1-4H3/t48-/m1/s1. The maximum absolute atomic E-state index is 12.8. The van der Waals surface area contributed by atoms with Gasteiger partial charge in [0.2, 0.25) is 0 Å². The summed E-state index contributed by atoms with van der Waals surface area (Å²) in [5, 5.41) is 0. The van der Waals surface area contributed by atoms with Gasteiger partial charge in [0.1, 0.15) is 13.2 Å². The zero-order chi connectivity index (χ0) is 41.7. The van der Waals surface area contributed by atoms with Crippen LogP contribution < -0.4 is 0 Å². The molecule has 6 nitrogen and oxygen atoms in total. The minimum atomic E-state index is -0.759. The van der Waals surface area contributed by atoms with Gasteiger partial charge in [0.15, 0.2) is 6.10 Å². The highest BCUT2D eigenvalue weighted by atomic mass is 16.6. The van der Waals surface area contributed by atoms with Gasteiger partial charge >= 0.3 is 17.9 Å². The van der Waals surface area contributed by atoms with Gasteiger partial charge < -0.3 is 14.2 Å². The Morgan fingerprint density at radius 2 is 0.579 bits per heavy atom. The average Bonchev–Trinajstić information content (AvgIpc) is 3.19. The Bertz CT molecular complexity index is 857. The molecule has 338 valence electrons. The van der Waals surface area contributed by atoms with Crippen molar-refractivity contribution < 1.29 is 28.6 Å². The Kier molecular flexibility index (Phi) is 44.2. The van der Waals surface area contributed by atoms with Gasteiger partial charge in [-0.05, 0) is 25.2 Å². The molecule has 0 aromatic rings. The van der Waals surface area contributed by atoms with E-state index < -0.39 is 6.10 Å². The van der Waals surface area contributed by atoms with Crippen molar-refractivity contribution in [3.8, 4) is 0 Å².